The Balaban J connectivity index is 1.77. The Bertz CT molecular complexity index is 1280. The first-order valence-corrected chi connectivity index (χ1v) is 8.99. The van der Waals surface area contributed by atoms with Gasteiger partial charge in [0, 0.05) is 22.4 Å². The number of benzene rings is 3. The monoisotopic (exact) mass is 388 g/mol. The van der Waals surface area contributed by atoms with E-state index in [1.165, 1.54) is 35.0 Å². The summed E-state index contributed by atoms with van der Waals surface area (Å²) in [5.41, 5.74) is 1.75. The van der Waals surface area contributed by atoms with E-state index >= 15 is 0 Å². The maximum absolute atomic E-state index is 14.6. The van der Waals surface area contributed by atoms with Crippen LogP contribution in [0.25, 0.3) is 22.6 Å². The summed E-state index contributed by atoms with van der Waals surface area (Å²) in [6.07, 6.45) is -0.701. The first-order valence-electron chi connectivity index (χ1n) is 8.99. The lowest BCUT2D eigenvalue weighted by Gasteiger charge is -2.30. The van der Waals surface area contributed by atoms with Crippen molar-refractivity contribution >= 4 is 5.69 Å². The molecule has 1 atom stereocenters. The topological polar surface area (TPSA) is 59.8 Å². The van der Waals surface area contributed by atoms with Crippen molar-refractivity contribution in [2.45, 2.75) is 6.17 Å². The van der Waals surface area contributed by atoms with Gasteiger partial charge in [-0.3, -0.25) is 4.79 Å². The third kappa shape index (κ3) is 2.87. The molecule has 0 fully saturated rings. The number of anilines is 1. The first kappa shape index (κ1) is 17.2. The lowest BCUT2D eigenvalue weighted by Crippen LogP contribution is -2.32. The van der Waals surface area contributed by atoms with Gasteiger partial charge in [-0.25, -0.2) is 13.5 Å². The summed E-state index contributed by atoms with van der Waals surface area (Å²) in [6, 6.07) is 19.1. The van der Waals surface area contributed by atoms with Gasteiger partial charge < -0.3 is 5.32 Å². The van der Waals surface area contributed by atoms with Gasteiger partial charge in [-0.2, -0.15) is 10.1 Å². The van der Waals surface area contributed by atoms with Gasteiger partial charge in [-0.05, 0) is 42.5 Å². The first-order chi connectivity index (χ1) is 14.1. The molecule has 7 heteroatoms. The third-order valence-electron chi connectivity index (χ3n) is 4.86. The van der Waals surface area contributed by atoms with Crippen molar-refractivity contribution in [2.24, 2.45) is 0 Å². The molecule has 1 aliphatic rings. The fourth-order valence-corrected chi connectivity index (χ4v) is 3.47. The number of para-hydroxylation sites is 1. The van der Waals surface area contributed by atoms with Gasteiger partial charge in [0.1, 0.15) is 11.6 Å². The number of nitrogens with one attached hydrogen (secondary N) is 1. The second kappa shape index (κ2) is 6.63. The third-order valence-corrected chi connectivity index (χ3v) is 4.86. The number of rotatable bonds is 2. The van der Waals surface area contributed by atoms with E-state index < -0.39 is 23.4 Å². The Hall–Kier alpha value is -3.87. The molecule has 1 unspecified atom stereocenters. The van der Waals surface area contributed by atoms with Crippen molar-refractivity contribution in [2.75, 3.05) is 5.32 Å². The van der Waals surface area contributed by atoms with E-state index in [1.807, 2.05) is 24.3 Å². The number of hydrogen-bond acceptors (Lipinski definition) is 4. The van der Waals surface area contributed by atoms with Crippen LogP contribution in [0.3, 0.4) is 0 Å². The lowest BCUT2D eigenvalue weighted by atomic mass is 10.1. The Morgan fingerprint density at radius 1 is 0.897 bits per heavy atom. The van der Waals surface area contributed by atoms with E-state index in [-0.39, 0.29) is 5.69 Å². The molecule has 0 spiro atoms. The minimum atomic E-state index is -0.701. The maximum Gasteiger partial charge on any atom is 0.300 e. The van der Waals surface area contributed by atoms with Crippen LogP contribution in [-0.4, -0.2) is 14.8 Å². The second-order valence-corrected chi connectivity index (χ2v) is 6.65. The van der Waals surface area contributed by atoms with Crippen molar-refractivity contribution < 1.29 is 8.78 Å². The number of aromatic nitrogens is 3. The molecule has 0 aliphatic carbocycles. The minimum Gasteiger partial charge on any atom is -0.359 e. The molecule has 0 saturated carbocycles. The normalized spacial score (nSPS) is 14.6. The SMILES string of the molecule is O=c1nc2n(nc1-c1ccc(F)cc1)C(c1ccccc1F)Nc1ccccc1-2. The largest absolute Gasteiger partial charge is 0.359 e. The summed E-state index contributed by atoms with van der Waals surface area (Å²) in [5, 5.41) is 7.78. The summed E-state index contributed by atoms with van der Waals surface area (Å²) in [5.74, 6) is -0.484. The van der Waals surface area contributed by atoms with Crippen LogP contribution in [0.4, 0.5) is 14.5 Å². The van der Waals surface area contributed by atoms with Crippen LogP contribution in [0, 0.1) is 11.6 Å². The summed E-state index contributed by atoms with van der Waals surface area (Å²) < 4.78 is 29.4. The molecule has 1 N–H and O–H groups in total. The van der Waals surface area contributed by atoms with E-state index in [2.05, 4.69) is 15.4 Å². The van der Waals surface area contributed by atoms with E-state index in [4.69, 9.17) is 0 Å². The smallest absolute Gasteiger partial charge is 0.300 e. The maximum atomic E-state index is 14.6. The molecule has 5 rings (SSSR count). The molecular weight excluding hydrogens is 374 g/mol. The van der Waals surface area contributed by atoms with Gasteiger partial charge in [0.05, 0.1) is 0 Å². The van der Waals surface area contributed by atoms with E-state index in [1.54, 1.807) is 18.2 Å². The molecule has 1 aliphatic heterocycles. The van der Waals surface area contributed by atoms with Crippen LogP contribution in [0.5, 0.6) is 0 Å². The van der Waals surface area contributed by atoms with Gasteiger partial charge >= 0.3 is 0 Å². The van der Waals surface area contributed by atoms with Crippen LogP contribution in [0.2, 0.25) is 0 Å². The van der Waals surface area contributed by atoms with E-state index in [9.17, 15) is 13.6 Å². The lowest BCUT2D eigenvalue weighted by molar-refractivity contribution is 0.514. The average Bonchev–Trinajstić information content (AvgIpc) is 2.74. The molecular formula is C22H14F2N4O. The van der Waals surface area contributed by atoms with Crippen molar-refractivity contribution in [1.29, 1.82) is 0 Å². The highest BCUT2D eigenvalue weighted by molar-refractivity contribution is 5.76. The Morgan fingerprint density at radius 2 is 1.62 bits per heavy atom. The van der Waals surface area contributed by atoms with E-state index in [0.717, 1.165) is 5.69 Å². The number of nitrogens with zero attached hydrogens (tertiary/aromatic N) is 3. The molecule has 29 heavy (non-hydrogen) atoms. The van der Waals surface area contributed by atoms with Gasteiger partial charge in [0.2, 0.25) is 0 Å². The molecule has 0 radical (unpaired) electrons. The molecule has 0 amide bonds. The summed E-state index contributed by atoms with van der Waals surface area (Å²) in [6.45, 7) is 0. The molecule has 1 aromatic heterocycles. The fraction of sp³-hybridized carbons (Fsp3) is 0.0455. The van der Waals surface area contributed by atoms with Gasteiger partial charge in [0.15, 0.2) is 17.7 Å². The summed E-state index contributed by atoms with van der Waals surface area (Å²) in [7, 11) is 0. The van der Waals surface area contributed by atoms with Gasteiger partial charge in [0.25, 0.3) is 5.56 Å². The highest BCUT2D eigenvalue weighted by Crippen LogP contribution is 2.36. The highest BCUT2D eigenvalue weighted by atomic mass is 19.1. The fourth-order valence-electron chi connectivity index (χ4n) is 3.47. The zero-order chi connectivity index (χ0) is 20.0. The zero-order valence-electron chi connectivity index (χ0n) is 15.0. The van der Waals surface area contributed by atoms with Crippen LogP contribution < -0.4 is 10.9 Å². The Morgan fingerprint density at radius 3 is 2.41 bits per heavy atom. The van der Waals surface area contributed by atoms with Crippen LogP contribution in [0.15, 0.2) is 77.6 Å². The molecule has 0 saturated heterocycles. The van der Waals surface area contributed by atoms with Crippen molar-refractivity contribution in [3.05, 3.63) is 100 Å². The summed E-state index contributed by atoms with van der Waals surface area (Å²) in [4.78, 5) is 17.0. The van der Waals surface area contributed by atoms with E-state index in [0.29, 0.717) is 22.5 Å². The van der Waals surface area contributed by atoms with Gasteiger partial charge in [-0.1, -0.05) is 30.3 Å². The van der Waals surface area contributed by atoms with Crippen LogP contribution >= 0.6 is 0 Å². The van der Waals surface area contributed by atoms with Crippen molar-refractivity contribution in [3.63, 3.8) is 0 Å². The van der Waals surface area contributed by atoms with Crippen LogP contribution in [-0.2, 0) is 0 Å². The standard InChI is InChI=1S/C22H14F2N4O/c23-14-11-9-13(10-12-14)19-22(29)26-21-16-6-2-4-8-18(16)25-20(28(21)27-19)15-5-1-3-7-17(15)24/h1-12,20,25H. The molecule has 0 bridgehead atoms. The zero-order valence-corrected chi connectivity index (χ0v) is 15.0. The van der Waals surface area contributed by atoms with Crippen molar-refractivity contribution in [3.8, 4) is 22.6 Å². The van der Waals surface area contributed by atoms with Crippen LogP contribution in [0.1, 0.15) is 11.7 Å². The molecule has 142 valence electrons. The molecule has 2 heterocycles. The predicted octanol–water partition coefficient (Wildman–Crippen LogP) is 4.22. The average molecular weight is 388 g/mol. The number of hydrogen-bond donors (Lipinski definition) is 1. The quantitative estimate of drug-likeness (QED) is 0.559. The van der Waals surface area contributed by atoms with Crippen molar-refractivity contribution in [1.82, 2.24) is 14.8 Å². The Kier molecular flexibility index (Phi) is 3.94. The number of fused-ring (bicyclic) bond motifs is 3. The summed E-state index contributed by atoms with van der Waals surface area (Å²) >= 11 is 0. The predicted molar refractivity (Wildman–Crippen MR) is 105 cm³/mol. The van der Waals surface area contributed by atoms with Gasteiger partial charge in [-0.15, -0.1) is 0 Å². The highest BCUT2D eigenvalue weighted by Gasteiger charge is 2.29. The molecule has 4 aromatic rings. The Labute approximate surface area is 164 Å². The minimum absolute atomic E-state index is 0.0660. The molecule has 3 aromatic carbocycles. The molecule has 5 nitrogen and oxygen atoms in total. The number of halogens is 2. The second-order valence-electron chi connectivity index (χ2n) is 6.65.